The molecular formula is C17H24ClN3O2S. The number of carbonyl (C=O) groups is 2. The number of benzene rings is 1. The lowest BCUT2D eigenvalue weighted by Crippen LogP contribution is -2.54. The number of hydrogen-bond donors (Lipinski definition) is 1. The van der Waals surface area contributed by atoms with Crippen molar-refractivity contribution in [3.63, 3.8) is 0 Å². The summed E-state index contributed by atoms with van der Waals surface area (Å²) in [5.41, 5.74) is 0.886. The van der Waals surface area contributed by atoms with Crippen molar-refractivity contribution in [1.29, 1.82) is 0 Å². The monoisotopic (exact) mass is 369 g/mol. The van der Waals surface area contributed by atoms with Gasteiger partial charge >= 0.3 is 0 Å². The van der Waals surface area contributed by atoms with Crippen LogP contribution >= 0.6 is 24.2 Å². The summed E-state index contributed by atoms with van der Waals surface area (Å²) in [6.45, 7) is 4.93. The summed E-state index contributed by atoms with van der Waals surface area (Å²) in [5.74, 6) is -0.0538. The predicted octanol–water partition coefficient (Wildman–Crippen LogP) is 2.00. The molecule has 0 aliphatic carbocycles. The molecule has 1 aromatic rings. The number of anilines is 1. The molecule has 1 N–H and O–H groups in total. The van der Waals surface area contributed by atoms with Crippen LogP contribution in [0, 0.1) is 5.92 Å². The van der Waals surface area contributed by atoms with E-state index in [0.717, 1.165) is 25.3 Å². The van der Waals surface area contributed by atoms with E-state index in [-0.39, 0.29) is 36.2 Å². The van der Waals surface area contributed by atoms with Gasteiger partial charge in [-0.25, -0.2) is 0 Å². The Labute approximate surface area is 153 Å². The Balaban J connectivity index is 0.00000208. The van der Waals surface area contributed by atoms with Crippen LogP contribution in [0.5, 0.6) is 0 Å². The summed E-state index contributed by atoms with van der Waals surface area (Å²) >= 11 is 1.68. The molecule has 5 nitrogen and oxygen atoms in total. The largest absolute Gasteiger partial charge is 0.337 e. The third-order valence-electron chi connectivity index (χ3n) is 4.64. The highest BCUT2D eigenvalue weighted by Gasteiger charge is 2.38. The molecule has 0 aromatic heterocycles. The van der Waals surface area contributed by atoms with Gasteiger partial charge in [-0.1, -0.05) is 0 Å². The van der Waals surface area contributed by atoms with Crippen molar-refractivity contribution in [1.82, 2.24) is 10.2 Å². The SMILES string of the molecule is CSc1ccc(N2CC(C(=O)N3CCNCC3C)CC2=O)cc1.Cl. The number of carbonyl (C=O) groups excluding carboxylic acids is 2. The van der Waals surface area contributed by atoms with Gasteiger partial charge in [0.1, 0.15) is 0 Å². The van der Waals surface area contributed by atoms with Crippen molar-refractivity contribution in [3.05, 3.63) is 24.3 Å². The third kappa shape index (κ3) is 3.87. The van der Waals surface area contributed by atoms with Crippen LogP contribution in [0.1, 0.15) is 13.3 Å². The van der Waals surface area contributed by atoms with E-state index in [4.69, 9.17) is 0 Å². The standard InChI is InChI=1S/C17H23N3O2S.ClH/c1-12-10-18-7-8-19(12)17(22)13-9-16(21)20(11-13)14-3-5-15(23-2)6-4-14;/h3-6,12-13,18H,7-11H2,1-2H3;1H. The van der Waals surface area contributed by atoms with Crippen LogP contribution < -0.4 is 10.2 Å². The first-order valence-electron chi connectivity index (χ1n) is 8.05. The van der Waals surface area contributed by atoms with Gasteiger partial charge in [0.05, 0.1) is 5.92 Å². The molecule has 2 unspecified atom stereocenters. The summed E-state index contributed by atoms with van der Waals surface area (Å²) in [5, 5.41) is 3.29. The molecule has 0 bridgehead atoms. The van der Waals surface area contributed by atoms with Crippen molar-refractivity contribution in [2.24, 2.45) is 5.92 Å². The van der Waals surface area contributed by atoms with Gasteiger partial charge in [-0.2, -0.15) is 0 Å². The maximum atomic E-state index is 12.7. The van der Waals surface area contributed by atoms with E-state index in [2.05, 4.69) is 12.2 Å². The lowest BCUT2D eigenvalue weighted by molar-refractivity contribution is -0.138. The Hall–Kier alpha value is -1.24. The first-order valence-corrected chi connectivity index (χ1v) is 9.28. The Bertz CT molecular complexity index is 596. The fourth-order valence-corrected chi connectivity index (χ4v) is 3.70. The number of nitrogens with one attached hydrogen (secondary N) is 1. The van der Waals surface area contributed by atoms with Crippen LogP contribution in [0.2, 0.25) is 0 Å². The quantitative estimate of drug-likeness (QED) is 0.828. The lowest BCUT2D eigenvalue weighted by Gasteiger charge is -2.35. The molecule has 2 heterocycles. The van der Waals surface area contributed by atoms with Gasteiger partial charge in [0, 0.05) is 49.2 Å². The first-order chi connectivity index (χ1) is 11.1. The molecule has 0 radical (unpaired) electrons. The number of nitrogens with zero attached hydrogens (tertiary/aromatic N) is 2. The van der Waals surface area contributed by atoms with Crippen LogP contribution in [0.25, 0.3) is 0 Å². The number of rotatable bonds is 3. The van der Waals surface area contributed by atoms with Gasteiger partial charge in [-0.05, 0) is 37.4 Å². The van der Waals surface area contributed by atoms with E-state index in [1.165, 1.54) is 4.90 Å². The molecule has 132 valence electrons. The van der Waals surface area contributed by atoms with Crippen LogP contribution in [0.15, 0.2) is 29.2 Å². The average molecular weight is 370 g/mol. The molecule has 2 fully saturated rings. The van der Waals surface area contributed by atoms with Crippen molar-refractivity contribution < 1.29 is 9.59 Å². The Kier molecular flexibility index (Phi) is 6.54. The van der Waals surface area contributed by atoms with Crippen molar-refractivity contribution in [2.45, 2.75) is 24.3 Å². The Morgan fingerprint density at radius 3 is 2.62 bits per heavy atom. The number of hydrogen-bond acceptors (Lipinski definition) is 4. The van der Waals surface area contributed by atoms with E-state index >= 15 is 0 Å². The molecule has 3 rings (SSSR count). The highest BCUT2D eigenvalue weighted by Crippen LogP contribution is 2.28. The zero-order valence-corrected chi connectivity index (χ0v) is 15.7. The molecule has 1 aromatic carbocycles. The highest BCUT2D eigenvalue weighted by atomic mass is 35.5. The van der Waals surface area contributed by atoms with Gasteiger partial charge in [0.15, 0.2) is 0 Å². The summed E-state index contributed by atoms with van der Waals surface area (Å²) in [6, 6.07) is 8.15. The van der Waals surface area contributed by atoms with Crippen molar-refractivity contribution in [2.75, 3.05) is 37.3 Å². The predicted molar refractivity (Wildman–Crippen MR) is 100.0 cm³/mol. The Morgan fingerprint density at radius 2 is 2.00 bits per heavy atom. The smallest absolute Gasteiger partial charge is 0.228 e. The van der Waals surface area contributed by atoms with Gasteiger partial charge in [0.25, 0.3) is 0 Å². The molecule has 0 saturated carbocycles. The summed E-state index contributed by atoms with van der Waals surface area (Å²) < 4.78 is 0. The molecule has 2 aliphatic rings. The fraction of sp³-hybridized carbons (Fsp3) is 0.529. The number of piperazine rings is 1. The number of thioether (sulfide) groups is 1. The molecule has 2 atom stereocenters. The van der Waals surface area contributed by atoms with E-state index in [9.17, 15) is 9.59 Å². The van der Waals surface area contributed by atoms with Gasteiger partial charge in [-0.3, -0.25) is 9.59 Å². The number of halogens is 1. The zero-order valence-electron chi connectivity index (χ0n) is 14.0. The van der Waals surface area contributed by atoms with Gasteiger partial charge in [0.2, 0.25) is 11.8 Å². The lowest BCUT2D eigenvalue weighted by atomic mass is 10.1. The van der Waals surface area contributed by atoms with Crippen molar-refractivity contribution in [3.8, 4) is 0 Å². The van der Waals surface area contributed by atoms with E-state index in [0.29, 0.717) is 13.0 Å². The second kappa shape index (κ2) is 8.23. The summed E-state index contributed by atoms with van der Waals surface area (Å²) in [6.07, 6.45) is 2.35. The van der Waals surface area contributed by atoms with E-state index in [1.807, 2.05) is 35.4 Å². The maximum Gasteiger partial charge on any atom is 0.228 e. The van der Waals surface area contributed by atoms with E-state index < -0.39 is 0 Å². The second-order valence-electron chi connectivity index (χ2n) is 6.19. The van der Waals surface area contributed by atoms with E-state index in [1.54, 1.807) is 16.7 Å². The summed E-state index contributed by atoms with van der Waals surface area (Å²) in [7, 11) is 0. The van der Waals surface area contributed by atoms with Crippen LogP contribution in [0.3, 0.4) is 0 Å². The first kappa shape index (κ1) is 19.1. The average Bonchev–Trinajstić information content (AvgIpc) is 2.96. The molecule has 2 saturated heterocycles. The third-order valence-corrected chi connectivity index (χ3v) is 5.39. The van der Waals surface area contributed by atoms with Gasteiger partial charge in [-0.15, -0.1) is 24.2 Å². The molecule has 24 heavy (non-hydrogen) atoms. The maximum absolute atomic E-state index is 12.7. The minimum absolute atomic E-state index is 0. The minimum Gasteiger partial charge on any atom is -0.337 e. The summed E-state index contributed by atoms with van der Waals surface area (Å²) in [4.78, 5) is 29.9. The molecule has 0 spiro atoms. The van der Waals surface area contributed by atoms with Crippen molar-refractivity contribution >= 4 is 41.7 Å². The second-order valence-corrected chi connectivity index (χ2v) is 7.07. The van der Waals surface area contributed by atoms with Crippen LogP contribution in [-0.4, -0.2) is 55.2 Å². The number of amides is 2. The molecule has 2 aliphatic heterocycles. The topological polar surface area (TPSA) is 52.7 Å². The normalized spacial score (nSPS) is 24.0. The zero-order chi connectivity index (χ0) is 16.4. The molecule has 2 amide bonds. The molecule has 7 heteroatoms. The minimum atomic E-state index is -0.219. The highest BCUT2D eigenvalue weighted by molar-refractivity contribution is 7.98. The van der Waals surface area contributed by atoms with Crippen LogP contribution in [0.4, 0.5) is 5.69 Å². The van der Waals surface area contributed by atoms with Crippen LogP contribution in [-0.2, 0) is 9.59 Å². The fourth-order valence-electron chi connectivity index (χ4n) is 3.29. The Morgan fingerprint density at radius 1 is 1.29 bits per heavy atom. The molecular weight excluding hydrogens is 346 g/mol. The van der Waals surface area contributed by atoms with Gasteiger partial charge < -0.3 is 15.1 Å².